The Hall–Kier alpha value is -2.97. The van der Waals surface area contributed by atoms with E-state index in [1.54, 1.807) is 30.1 Å². The Bertz CT molecular complexity index is 801. The summed E-state index contributed by atoms with van der Waals surface area (Å²) in [5.74, 6) is -0.116. The normalized spacial score (nSPS) is 10.5. The molecule has 122 valence electrons. The standard InChI is InChI=1S/C14H17N5O4/c1-10(20)15-7-5-8-17(2)13-12(19(22)23)14(21)18-9-4-3-6-11(18)16-13/h3-4,6,9H,5,7-8H2,1-2H3,(H,15,20). The second kappa shape index (κ2) is 6.86. The third-order valence-corrected chi connectivity index (χ3v) is 3.28. The van der Waals surface area contributed by atoms with Crippen LogP contribution in [0.2, 0.25) is 0 Å². The van der Waals surface area contributed by atoms with E-state index in [9.17, 15) is 19.7 Å². The van der Waals surface area contributed by atoms with E-state index in [1.165, 1.54) is 13.1 Å². The maximum absolute atomic E-state index is 12.3. The quantitative estimate of drug-likeness (QED) is 0.473. The summed E-state index contributed by atoms with van der Waals surface area (Å²) < 4.78 is 1.15. The van der Waals surface area contributed by atoms with Crippen molar-refractivity contribution in [1.82, 2.24) is 14.7 Å². The van der Waals surface area contributed by atoms with Crippen LogP contribution < -0.4 is 15.8 Å². The van der Waals surface area contributed by atoms with Gasteiger partial charge >= 0.3 is 11.2 Å². The number of rotatable bonds is 6. The van der Waals surface area contributed by atoms with Crippen LogP contribution in [0.1, 0.15) is 13.3 Å². The fourth-order valence-corrected chi connectivity index (χ4v) is 2.18. The van der Waals surface area contributed by atoms with Crippen molar-refractivity contribution in [2.24, 2.45) is 0 Å². The summed E-state index contributed by atoms with van der Waals surface area (Å²) in [5.41, 5.74) is -0.938. The molecule has 0 aromatic carbocycles. The van der Waals surface area contributed by atoms with E-state index in [2.05, 4.69) is 10.3 Å². The summed E-state index contributed by atoms with van der Waals surface area (Å²) in [6, 6.07) is 4.92. The molecule has 23 heavy (non-hydrogen) atoms. The molecular weight excluding hydrogens is 302 g/mol. The van der Waals surface area contributed by atoms with Gasteiger partial charge in [-0.05, 0) is 18.6 Å². The first-order valence-electron chi connectivity index (χ1n) is 7.03. The van der Waals surface area contributed by atoms with Crippen LogP contribution in [0.4, 0.5) is 11.5 Å². The van der Waals surface area contributed by atoms with Crippen molar-refractivity contribution in [1.29, 1.82) is 0 Å². The number of carbonyl (C=O) groups is 1. The molecule has 0 saturated carbocycles. The number of amides is 1. The Labute approximate surface area is 131 Å². The minimum atomic E-state index is -0.718. The van der Waals surface area contributed by atoms with Crippen LogP contribution in [0.25, 0.3) is 5.65 Å². The Morgan fingerprint density at radius 2 is 2.22 bits per heavy atom. The molecule has 2 heterocycles. The van der Waals surface area contributed by atoms with E-state index in [1.807, 2.05) is 0 Å². The first-order valence-corrected chi connectivity index (χ1v) is 7.03. The molecule has 0 aliphatic carbocycles. The highest BCUT2D eigenvalue weighted by molar-refractivity contribution is 5.72. The van der Waals surface area contributed by atoms with Gasteiger partial charge in [-0.25, -0.2) is 4.98 Å². The zero-order chi connectivity index (χ0) is 17.0. The Balaban J connectivity index is 2.34. The highest BCUT2D eigenvalue weighted by Gasteiger charge is 2.25. The van der Waals surface area contributed by atoms with E-state index in [-0.39, 0.29) is 11.7 Å². The average molecular weight is 319 g/mol. The van der Waals surface area contributed by atoms with Gasteiger partial charge in [0, 0.05) is 33.3 Å². The van der Waals surface area contributed by atoms with Crippen molar-refractivity contribution in [3.8, 4) is 0 Å². The maximum atomic E-state index is 12.3. The predicted molar refractivity (Wildman–Crippen MR) is 84.7 cm³/mol. The van der Waals surface area contributed by atoms with Gasteiger partial charge in [0.25, 0.3) is 0 Å². The van der Waals surface area contributed by atoms with E-state index >= 15 is 0 Å². The van der Waals surface area contributed by atoms with E-state index in [0.717, 1.165) is 4.40 Å². The van der Waals surface area contributed by atoms with E-state index in [4.69, 9.17) is 0 Å². The molecule has 0 aliphatic rings. The predicted octanol–water partition coefficient (Wildman–Crippen LogP) is 0.565. The number of fused-ring (bicyclic) bond motifs is 1. The van der Waals surface area contributed by atoms with Crippen LogP contribution in [0.3, 0.4) is 0 Å². The summed E-state index contributed by atoms with van der Waals surface area (Å²) in [4.78, 5) is 39.5. The Kier molecular flexibility index (Phi) is 4.89. The molecule has 2 aromatic rings. The van der Waals surface area contributed by atoms with Crippen LogP contribution in [-0.2, 0) is 4.79 Å². The third-order valence-electron chi connectivity index (χ3n) is 3.28. The molecule has 9 nitrogen and oxygen atoms in total. The monoisotopic (exact) mass is 319 g/mol. The van der Waals surface area contributed by atoms with Gasteiger partial charge in [0.05, 0.1) is 4.92 Å². The first-order chi connectivity index (χ1) is 10.9. The number of nitro groups is 1. The summed E-state index contributed by atoms with van der Waals surface area (Å²) in [7, 11) is 1.63. The molecule has 0 atom stereocenters. The van der Waals surface area contributed by atoms with Crippen molar-refractivity contribution in [2.45, 2.75) is 13.3 Å². The van der Waals surface area contributed by atoms with Gasteiger partial charge in [-0.1, -0.05) is 6.07 Å². The molecular formula is C14H17N5O4. The van der Waals surface area contributed by atoms with Crippen LogP contribution in [0, 0.1) is 10.1 Å². The first kappa shape index (κ1) is 16.4. The van der Waals surface area contributed by atoms with E-state index in [0.29, 0.717) is 25.2 Å². The van der Waals surface area contributed by atoms with Gasteiger partial charge < -0.3 is 10.2 Å². The summed E-state index contributed by atoms with van der Waals surface area (Å²) >= 11 is 0. The van der Waals surface area contributed by atoms with Crippen molar-refractivity contribution < 1.29 is 9.72 Å². The zero-order valence-corrected chi connectivity index (χ0v) is 12.9. The molecule has 0 spiro atoms. The van der Waals surface area contributed by atoms with E-state index < -0.39 is 16.2 Å². The fraction of sp³-hybridized carbons (Fsp3) is 0.357. The van der Waals surface area contributed by atoms with Gasteiger partial charge in [0.2, 0.25) is 11.7 Å². The molecule has 2 rings (SSSR count). The third kappa shape index (κ3) is 3.62. The molecule has 0 bridgehead atoms. The summed E-state index contributed by atoms with van der Waals surface area (Å²) in [6.45, 7) is 2.27. The average Bonchev–Trinajstić information content (AvgIpc) is 2.50. The van der Waals surface area contributed by atoms with Gasteiger partial charge in [-0.2, -0.15) is 0 Å². The molecule has 0 aliphatic heterocycles. The highest BCUT2D eigenvalue weighted by Crippen LogP contribution is 2.21. The van der Waals surface area contributed by atoms with Crippen LogP contribution >= 0.6 is 0 Å². The SMILES string of the molecule is CC(=O)NCCCN(C)c1nc2ccccn2c(=O)c1[N+](=O)[O-]. The Morgan fingerprint density at radius 1 is 1.48 bits per heavy atom. The molecule has 1 amide bonds. The lowest BCUT2D eigenvalue weighted by Crippen LogP contribution is -2.29. The van der Waals surface area contributed by atoms with Crippen molar-refractivity contribution in [2.75, 3.05) is 25.0 Å². The number of aromatic nitrogens is 2. The highest BCUT2D eigenvalue weighted by atomic mass is 16.6. The number of nitrogens with one attached hydrogen (secondary N) is 1. The lowest BCUT2D eigenvalue weighted by atomic mass is 10.3. The molecule has 9 heteroatoms. The number of hydrogen-bond donors (Lipinski definition) is 1. The van der Waals surface area contributed by atoms with Crippen molar-refractivity contribution in [3.05, 3.63) is 44.9 Å². The molecule has 1 N–H and O–H groups in total. The van der Waals surface area contributed by atoms with Gasteiger partial charge in [0.15, 0.2) is 0 Å². The molecule has 0 fully saturated rings. The van der Waals surface area contributed by atoms with Gasteiger partial charge in [-0.3, -0.25) is 24.1 Å². The summed E-state index contributed by atoms with van der Waals surface area (Å²) in [5, 5.41) is 13.9. The van der Waals surface area contributed by atoms with Crippen molar-refractivity contribution in [3.63, 3.8) is 0 Å². The second-order valence-electron chi connectivity index (χ2n) is 5.03. The molecule has 2 aromatic heterocycles. The number of pyridine rings is 1. The lowest BCUT2D eigenvalue weighted by Gasteiger charge is -2.18. The number of carbonyl (C=O) groups excluding carboxylic acids is 1. The minimum absolute atomic E-state index is 0.0222. The maximum Gasteiger partial charge on any atom is 0.376 e. The smallest absolute Gasteiger partial charge is 0.356 e. The van der Waals surface area contributed by atoms with Gasteiger partial charge in [-0.15, -0.1) is 0 Å². The topological polar surface area (TPSA) is 110 Å². The number of hydrogen-bond acceptors (Lipinski definition) is 6. The second-order valence-corrected chi connectivity index (χ2v) is 5.03. The Morgan fingerprint density at radius 3 is 2.87 bits per heavy atom. The van der Waals surface area contributed by atoms with Crippen molar-refractivity contribution >= 4 is 23.1 Å². The van der Waals surface area contributed by atoms with Gasteiger partial charge in [0.1, 0.15) is 5.65 Å². The number of anilines is 1. The largest absolute Gasteiger partial charge is 0.376 e. The minimum Gasteiger partial charge on any atom is -0.356 e. The zero-order valence-electron chi connectivity index (χ0n) is 12.9. The number of nitrogens with zero attached hydrogens (tertiary/aromatic N) is 4. The molecule has 0 radical (unpaired) electrons. The van der Waals surface area contributed by atoms with Crippen LogP contribution in [0.5, 0.6) is 0 Å². The van der Waals surface area contributed by atoms with Crippen LogP contribution in [-0.4, -0.2) is 40.4 Å². The lowest BCUT2D eigenvalue weighted by molar-refractivity contribution is -0.385. The summed E-state index contributed by atoms with van der Waals surface area (Å²) in [6.07, 6.45) is 2.02. The van der Waals surface area contributed by atoms with Crippen LogP contribution in [0.15, 0.2) is 29.2 Å². The fourth-order valence-electron chi connectivity index (χ4n) is 2.18. The molecule has 0 unspecified atom stereocenters. The molecule has 0 saturated heterocycles.